The molecule has 0 aliphatic heterocycles. The molecule has 2 aromatic carbocycles. The van der Waals surface area contributed by atoms with Crippen molar-refractivity contribution >= 4 is 16.7 Å². The Balaban J connectivity index is 1.60. The Kier molecular flexibility index (Phi) is 4.92. The highest BCUT2D eigenvalue weighted by Crippen LogP contribution is 2.26. The summed E-state index contributed by atoms with van der Waals surface area (Å²) in [7, 11) is 0. The van der Waals surface area contributed by atoms with Gasteiger partial charge in [0.25, 0.3) is 5.91 Å². The number of hydrogen-bond donors (Lipinski definition) is 1. The highest BCUT2D eigenvalue weighted by molar-refractivity contribution is 5.92. The smallest absolute Gasteiger partial charge is 0.290 e. The van der Waals surface area contributed by atoms with Gasteiger partial charge in [0.1, 0.15) is 0 Å². The summed E-state index contributed by atoms with van der Waals surface area (Å²) in [5, 5.41) is 13.8. The third-order valence-electron chi connectivity index (χ3n) is 5.20. The van der Waals surface area contributed by atoms with Crippen molar-refractivity contribution in [3.8, 4) is 5.69 Å². The Morgan fingerprint density at radius 3 is 2.62 bits per heavy atom. The van der Waals surface area contributed by atoms with E-state index in [1.807, 2.05) is 56.8 Å². The van der Waals surface area contributed by atoms with E-state index in [-0.39, 0.29) is 23.6 Å². The number of nitrogens with one attached hydrogen (secondary N) is 1. The zero-order valence-corrected chi connectivity index (χ0v) is 17.0. The summed E-state index contributed by atoms with van der Waals surface area (Å²) in [5.41, 5.74) is 3.72. The molecule has 1 atom stereocenters. The van der Waals surface area contributed by atoms with Crippen LogP contribution in [0.3, 0.4) is 0 Å². The molecule has 1 amide bonds. The van der Waals surface area contributed by atoms with Gasteiger partial charge in [0.15, 0.2) is 0 Å². The molecule has 0 fully saturated rings. The number of fused-ring (bicyclic) bond motifs is 1. The van der Waals surface area contributed by atoms with Crippen LogP contribution < -0.4 is 5.32 Å². The lowest BCUT2D eigenvalue weighted by Gasteiger charge is -2.14. The van der Waals surface area contributed by atoms with Crippen LogP contribution in [0.5, 0.6) is 0 Å². The van der Waals surface area contributed by atoms with Crippen molar-refractivity contribution < 1.29 is 9.32 Å². The average Bonchev–Trinajstić information content (AvgIpc) is 3.35. The second-order valence-corrected chi connectivity index (χ2v) is 7.56. The number of benzene rings is 2. The van der Waals surface area contributed by atoms with E-state index in [0.29, 0.717) is 0 Å². The quantitative estimate of drug-likeness (QED) is 0.526. The molecule has 0 spiro atoms. The molecule has 4 rings (SSSR count). The van der Waals surface area contributed by atoms with Gasteiger partial charge < -0.3 is 9.84 Å². The minimum Gasteiger partial charge on any atom is -0.351 e. The molecule has 0 saturated carbocycles. The summed E-state index contributed by atoms with van der Waals surface area (Å²) in [5.74, 6) is 0.146. The Hall–Kier alpha value is -3.41. The number of hydrogen-bond acceptors (Lipinski definition) is 4. The summed E-state index contributed by atoms with van der Waals surface area (Å²) in [6.07, 6.45) is 1.81. The second-order valence-electron chi connectivity index (χ2n) is 7.56. The molecular formula is C23H24N4O2. The molecule has 6 nitrogen and oxygen atoms in total. The van der Waals surface area contributed by atoms with Crippen LogP contribution in [0.2, 0.25) is 0 Å². The fourth-order valence-corrected chi connectivity index (χ4v) is 3.50. The monoisotopic (exact) mass is 388 g/mol. The Morgan fingerprint density at radius 1 is 1.10 bits per heavy atom. The molecule has 4 aromatic rings. The predicted molar refractivity (Wildman–Crippen MR) is 112 cm³/mol. The van der Waals surface area contributed by atoms with Gasteiger partial charge in [-0.05, 0) is 31.2 Å². The maximum absolute atomic E-state index is 12.6. The Morgan fingerprint density at radius 2 is 1.86 bits per heavy atom. The summed E-state index contributed by atoms with van der Waals surface area (Å²) in [6, 6.07) is 15.9. The normalized spacial score (nSPS) is 12.4. The SMILES string of the molecule is Cc1c([C@H](C)NC(=O)c2cc(C(C)C)no2)cnn1-c1cccc2ccccc12. The maximum atomic E-state index is 12.6. The topological polar surface area (TPSA) is 73.0 Å². The Labute approximate surface area is 169 Å². The predicted octanol–water partition coefficient (Wildman–Crippen LogP) is 4.94. The van der Waals surface area contributed by atoms with E-state index in [1.54, 1.807) is 6.07 Å². The van der Waals surface area contributed by atoms with Crippen molar-refractivity contribution in [1.82, 2.24) is 20.3 Å². The first kappa shape index (κ1) is 18.9. The maximum Gasteiger partial charge on any atom is 0.290 e. The van der Waals surface area contributed by atoms with Crippen molar-refractivity contribution in [3.05, 3.63) is 77.4 Å². The van der Waals surface area contributed by atoms with Gasteiger partial charge in [0.05, 0.1) is 23.6 Å². The molecule has 2 aromatic heterocycles. The summed E-state index contributed by atoms with van der Waals surface area (Å²) in [4.78, 5) is 12.6. The fourth-order valence-electron chi connectivity index (χ4n) is 3.50. The van der Waals surface area contributed by atoms with Gasteiger partial charge in [-0.1, -0.05) is 55.4 Å². The molecule has 0 saturated heterocycles. The third kappa shape index (κ3) is 3.53. The van der Waals surface area contributed by atoms with Crippen LogP contribution in [-0.2, 0) is 0 Å². The average molecular weight is 388 g/mol. The third-order valence-corrected chi connectivity index (χ3v) is 5.20. The van der Waals surface area contributed by atoms with E-state index < -0.39 is 0 Å². The molecule has 0 bridgehead atoms. The Bertz CT molecular complexity index is 1170. The molecule has 148 valence electrons. The van der Waals surface area contributed by atoms with Gasteiger partial charge in [-0.25, -0.2) is 4.68 Å². The van der Waals surface area contributed by atoms with Crippen LogP contribution in [0.25, 0.3) is 16.5 Å². The molecule has 1 N–H and O–H groups in total. The van der Waals surface area contributed by atoms with Gasteiger partial charge in [-0.3, -0.25) is 4.79 Å². The van der Waals surface area contributed by atoms with E-state index in [9.17, 15) is 4.79 Å². The lowest BCUT2D eigenvalue weighted by Crippen LogP contribution is -2.26. The summed E-state index contributed by atoms with van der Waals surface area (Å²) < 4.78 is 7.12. The first-order chi connectivity index (χ1) is 14.0. The molecule has 6 heteroatoms. The van der Waals surface area contributed by atoms with E-state index in [2.05, 4.69) is 39.8 Å². The van der Waals surface area contributed by atoms with E-state index >= 15 is 0 Å². The summed E-state index contributed by atoms with van der Waals surface area (Å²) >= 11 is 0. The number of amides is 1. The van der Waals surface area contributed by atoms with Crippen molar-refractivity contribution in [1.29, 1.82) is 0 Å². The van der Waals surface area contributed by atoms with Crippen LogP contribution in [-0.4, -0.2) is 20.8 Å². The standard InChI is InChI=1S/C23H24N4O2/c1-14(2)20-12-22(29-26-20)23(28)25-15(3)19-13-24-27(16(19)4)21-11-7-9-17-8-5-6-10-18(17)21/h5-15H,1-4H3,(H,25,28)/t15-/m0/s1. The minimum absolute atomic E-state index is 0.207. The van der Waals surface area contributed by atoms with E-state index in [4.69, 9.17) is 4.52 Å². The fraction of sp³-hybridized carbons (Fsp3) is 0.261. The molecule has 0 radical (unpaired) electrons. The van der Waals surface area contributed by atoms with Crippen LogP contribution in [0, 0.1) is 6.92 Å². The van der Waals surface area contributed by atoms with E-state index in [1.165, 1.54) is 0 Å². The number of carbonyl (C=O) groups is 1. The van der Waals surface area contributed by atoms with Crippen LogP contribution in [0.1, 0.15) is 60.2 Å². The van der Waals surface area contributed by atoms with Gasteiger partial charge in [0.2, 0.25) is 5.76 Å². The zero-order chi connectivity index (χ0) is 20.5. The lowest BCUT2D eigenvalue weighted by molar-refractivity contribution is 0.0902. The molecule has 2 heterocycles. The van der Waals surface area contributed by atoms with Crippen molar-refractivity contribution in [3.63, 3.8) is 0 Å². The highest BCUT2D eigenvalue weighted by atomic mass is 16.5. The van der Waals surface area contributed by atoms with Crippen molar-refractivity contribution in [2.45, 2.75) is 39.7 Å². The highest BCUT2D eigenvalue weighted by Gasteiger charge is 2.20. The lowest BCUT2D eigenvalue weighted by atomic mass is 10.1. The van der Waals surface area contributed by atoms with E-state index in [0.717, 1.165) is 33.4 Å². The molecule has 0 aliphatic carbocycles. The second kappa shape index (κ2) is 7.54. The first-order valence-electron chi connectivity index (χ1n) is 9.76. The molecule has 29 heavy (non-hydrogen) atoms. The van der Waals surface area contributed by atoms with Crippen LogP contribution in [0.15, 0.2) is 59.3 Å². The zero-order valence-electron chi connectivity index (χ0n) is 17.0. The minimum atomic E-state index is -0.283. The van der Waals surface area contributed by atoms with Gasteiger partial charge in [-0.2, -0.15) is 5.10 Å². The number of aromatic nitrogens is 3. The summed E-state index contributed by atoms with van der Waals surface area (Å²) in [6.45, 7) is 7.97. The number of rotatable bonds is 5. The van der Waals surface area contributed by atoms with Crippen molar-refractivity contribution in [2.24, 2.45) is 0 Å². The van der Waals surface area contributed by atoms with Gasteiger partial charge >= 0.3 is 0 Å². The van der Waals surface area contributed by atoms with Crippen LogP contribution >= 0.6 is 0 Å². The number of nitrogens with zero attached hydrogens (tertiary/aromatic N) is 3. The number of carbonyl (C=O) groups excluding carboxylic acids is 1. The molecular weight excluding hydrogens is 364 g/mol. The van der Waals surface area contributed by atoms with Gasteiger partial charge in [-0.15, -0.1) is 0 Å². The van der Waals surface area contributed by atoms with Gasteiger partial charge in [0, 0.05) is 22.7 Å². The first-order valence-corrected chi connectivity index (χ1v) is 9.76. The largest absolute Gasteiger partial charge is 0.351 e. The van der Waals surface area contributed by atoms with Crippen molar-refractivity contribution in [2.75, 3.05) is 0 Å². The van der Waals surface area contributed by atoms with Crippen LogP contribution in [0.4, 0.5) is 0 Å². The molecule has 0 aliphatic rings. The molecule has 0 unspecified atom stereocenters.